The number of ether oxygens (including phenoxy) is 2. The molecule has 0 saturated carbocycles. The maximum Gasteiger partial charge on any atom is 0.344 e. The zero-order chi connectivity index (χ0) is 21.1. The summed E-state index contributed by atoms with van der Waals surface area (Å²) in [4.78, 5) is 35.8. The van der Waals surface area contributed by atoms with Crippen molar-refractivity contribution in [3.8, 4) is 5.75 Å². The number of anilines is 2. The van der Waals surface area contributed by atoms with E-state index in [-0.39, 0.29) is 18.4 Å². The molecule has 1 heterocycles. The molecule has 1 atom stereocenters. The van der Waals surface area contributed by atoms with E-state index in [2.05, 4.69) is 10.6 Å². The lowest BCUT2D eigenvalue weighted by molar-refractivity contribution is -0.155. The van der Waals surface area contributed by atoms with Gasteiger partial charge in [-0.05, 0) is 79.6 Å². The number of carbonyl (C=O) groups excluding carboxylic acids is 3. The Labute approximate surface area is 174 Å². The molecule has 0 aromatic heterocycles. The monoisotopic (exact) mass is 408 g/mol. The van der Waals surface area contributed by atoms with Crippen LogP contribution in [0.2, 0.25) is 0 Å². The van der Waals surface area contributed by atoms with Crippen LogP contribution in [-0.2, 0) is 38.4 Å². The van der Waals surface area contributed by atoms with Crippen LogP contribution in [0.4, 0.5) is 11.4 Å². The number of nitrogens with one attached hydrogen (secondary N) is 2. The first-order valence-corrected chi connectivity index (χ1v) is 10.2. The Balaban J connectivity index is 1.26. The summed E-state index contributed by atoms with van der Waals surface area (Å²) >= 11 is 0. The second-order valence-corrected chi connectivity index (χ2v) is 7.61. The molecule has 4 rings (SSSR count). The molecule has 1 aliphatic heterocycles. The van der Waals surface area contributed by atoms with Crippen LogP contribution in [0.1, 0.15) is 36.5 Å². The highest BCUT2D eigenvalue weighted by Crippen LogP contribution is 2.27. The van der Waals surface area contributed by atoms with Gasteiger partial charge in [0.2, 0.25) is 5.91 Å². The highest BCUT2D eigenvalue weighted by Gasteiger charge is 2.20. The molecule has 2 aromatic rings. The number of hydrogen-bond donors (Lipinski definition) is 2. The molecule has 2 aromatic carbocycles. The molecule has 0 radical (unpaired) electrons. The normalized spacial score (nSPS) is 15.4. The smallest absolute Gasteiger partial charge is 0.344 e. The van der Waals surface area contributed by atoms with Gasteiger partial charge in [-0.2, -0.15) is 0 Å². The minimum Gasteiger partial charge on any atom is -0.482 e. The highest BCUT2D eigenvalue weighted by molar-refractivity contribution is 5.95. The Morgan fingerprint density at radius 3 is 2.73 bits per heavy atom. The summed E-state index contributed by atoms with van der Waals surface area (Å²) < 4.78 is 10.7. The molecule has 156 valence electrons. The topological polar surface area (TPSA) is 93.7 Å². The lowest BCUT2D eigenvalue weighted by atomic mass is 10.0. The summed E-state index contributed by atoms with van der Waals surface area (Å²) in [6.45, 7) is 1.23. The van der Waals surface area contributed by atoms with Crippen molar-refractivity contribution in [3.05, 3.63) is 53.1 Å². The molecule has 0 fully saturated rings. The van der Waals surface area contributed by atoms with Crippen LogP contribution < -0.4 is 15.4 Å². The van der Waals surface area contributed by atoms with Crippen LogP contribution in [0.25, 0.3) is 0 Å². The Bertz CT molecular complexity index is 1000. The van der Waals surface area contributed by atoms with Crippen LogP contribution in [0.15, 0.2) is 36.4 Å². The second kappa shape index (κ2) is 8.57. The van der Waals surface area contributed by atoms with Crippen molar-refractivity contribution in [1.29, 1.82) is 0 Å². The van der Waals surface area contributed by atoms with Crippen molar-refractivity contribution in [2.75, 3.05) is 17.2 Å². The molecule has 0 bridgehead atoms. The van der Waals surface area contributed by atoms with Gasteiger partial charge in [0.15, 0.2) is 12.7 Å². The molecular formula is C23H24N2O5. The van der Waals surface area contributed by atoms with Gasteiger partial charge in [0, 0.05) is 17.8 Å². The predicted octanol–water partition coefficient (Wildman–Crippen LogP) is 3.01. The van der Waals surface area contributed by atoms with Crippen molar-refractivity contribution in [1.82, 2.24) is 0 Å². The molecular weight excluding hydrogens is 384 g/mol. The number of esters is 1. The van der Waals surface area contributed by atoms with Gasteiger partial charge in [-0.25, -0.2) is 4.79 Å². The van der Waals surface area contributed by atoms with E-state index in [0.717, 1.165) is 30.5 Å². The number of fused-ring (bicyclic) bond motifs is 2. The van der Waals surface area contributed by atoms with Gasteiger partial charge < -0.3 is 20.1 Å². The zero-order valence-corrected chi connectivity index (χ0v) is 16.8. The maximum atomic E-state index is 12.3. The van der Waals surface area contributed by atoms with Crippen molar-refractivity contribution < 1.29 is 23.9 Å². The molecule has 1 aliphatic carbocycles. The average molecular weight is 408 g/mol. The Kier molecular flexibility index (Phi) is 5.70. The lowest BCUT2D eigenvalue weighted by Crippen LogP contribution is -2.31. The highest BCUT2D eigenvalue weighted by atomic mass is 16.6. The second-order valence-electron chi connectivity index (χ2n) is 7.61. The summed E-state index contributed by atoms with van der Waals surface area (Å²) in [5.41, 5.74) is 5.02. The third-order valence-electron chi connectivity index (χ3n) is 5.37. The minimum atomic E-state index is -0.937. The quantitative estimate of drug-likeness (QED) is 0.717. The number of benzene rings is 2. The molecule has 2 amide bonds. The first-order chi connectivity index (χ1) is 14.5. The number of amides is 2. The fourth-order valence-corrected chi connectivity index (χ4v) is 3.77. The number of aryl methyl sites for hydroxylation is 3. The summed E-state index contributed by atoms with van der Waals surface area (Å²) in [5, 5.41) is 5.59. The molecule has 0 unspecified atom stereocenters. The standard InChI is InChI=1S/C23H24N2O5/c1-14(23(28)24-18-7-5-15-3-2-4-16(15)11-18)30-22(27)13-29-19-8-9-20-17(12-19)6-10-21(26)25-20/h5,7-9,11-12,14H,2-4,6,10,13H2,1H3,(H,24,28)(H,25,26)/t14-/m0/s1. The molecule has 2 aliphatic rings. The van der Waals surface area contributed by atoms with Crippen LogP contribution in [0, 0.1) is 0 Å². The summed E-state index contributed by atoms with van der Waals surface area (Å²) in [5.74, 6) is -0.507. The van der Waals surface area contributed by atoms with Crippen molar-refractivity contribution in [2.45, 2.75) is 45.1 Å². The minimum absolute atomic E-state index is 0.00750. The molecule has 7 heteroatoms. The molecule has 7 nitrogen and oxygen atoms in total. The van der Waals surface area contributed by atoms with Gasteiger partial charge in [-0.15, -0.1) is 0 Å². The lowest BCUT2D eigenvalue weighted by Gasteiger charge is -2.18. The maximum absolute atomic E-state index is 12.3. The number of carbonyl (C=O) groups is 3. The van der Waals surface area contributed by atoms with Gasteiger partial charge in [0.1, 0.15) is 5.75 Å². The summed E-state index contributed by atoms with van der Waals surface area (Å²) in [7, 11) is 0. The fourth-order valence-electron chi connectivity index (χ4n) is 3.77. The fraction of sp³-hybridized carbons (Fsp3) is 0.348. The van der Waals surface area contributed by atoms with Gasteiger partial charge in [-0.1, -0.05) is 6.07 Å². The van der Waals surface area contributed by atoms with Gasteiger partial charge in [-0.3, -0.25) is 9.59 Å². The van der Waals surface area contributed by atoms with Gasteiger partial charge in [0.25, 0.3) is 5.91 Å². The number of hydrogen-bond acceptors (Lipinski definition) is 5. The predicted molar refractivity (Wildman–Crippen MR) is 112 cm³/mol. The van der Waals surface area contributed by atoms with Crippen LogP contribution in [-0.4, -0.2) is 30.5 Å². The largest absolute Gasteiger partial charge is 0.482 e. The van der Waals surface area contributed by atoms with E-state index in [1.54, 1.807) is 18.2 Å². The molecule has 30 heavy (non-hydrogen) atoms. The SMILES string of the molecule is C[C@H](OC(=O)COc1ccc2c(c1)CCC(=O)N2)C(=O)Nc1ccc2c(c1)CCC2. The van der Waals surface area contributed by atoms with Crippen LogP contribution >= 0.6 is 0 Å². The van der Waals surface area contributed by atoms with Gasteiger partial charge >= 0.3 is 5.97 Å². The summed E-state index contributed by atoms with van der Waals surface area (Å²) in [6.07, 6.45) is 3.36. The van der Waals surface area contributed by atoms with E-state index in [1.807, 2.05) is 18.2 Å². The van der Waals surface area contributed by atoms with E-state index in [1.165, 1.54) is 18.1 Å². The van der Waals surface area contributed by atoms with E-state index >= 15 is 0 Å². The Morgan fingerprint density at radius 1 is 1.03 bits per heavy atom. The molecule has 0 saturated heterocycles. The first-order valence-electron chi connectivity index (χ1n) is 10.2. The van der Waals surface area contributed by atoms with Crippen LogP contribution in [0.5, 0.6) is 5.75 Å². The van der Waals surface area contributed by atoms with Crippen molar-refractivity contribution >= 4 is 29.2 Å². The molecule has 0 spiro atoms. The van der Waals surface area contributed by atoms with Crippen molar-refractivity contribution in [3.63, 3.8) is 0 Å². The first kappa shape index (κ1) is 19.9. The Morgan fingerprint density at radius 2 is 1.87 bits per heavy atom. The van der Waals surface area contributed by atoms with E-state index in [4.69, 9.17) is 9.47 Å². The Hall–Kier alpha value is -3.35. The zero-order valence-electron chi connectivity index (χ0n) is 16.8. The molecule has 2 N–H and O–H groups in total. The third kappa shape index (κ3) is 4.62. The van der Waals surface area contributed by atoms with Gasteiger partial charge in [0.05, 0.1) is 0 Å². The number of rotatable bonds is 6. The third-order valence-corrected chi connectivity index (χ3v) is 5.37. The van der Waals surface area contributed by atoms with E-state index in [0.29, 0.717) is 24.3 Å². The van der Waals surface area contributed by atoms with Crippen molar-refractivity contribution in [2.24, 2.45) is 0 Å². The summed E-state index contributed by atoms with van der Waals surface area (Å²) in [6, 6.07) is 11.1. The van der Waals surface area contributed by atoms with E-state index in [9.17, 15) is 14.4 Å². The average Bonchev–Trinajstić information content (AvgIpc) is 3.20. The van der Waals surface area contributed by atoms with E-state index < -0.39 is 12.1 Å². The van der Waals surface area contributed by atoms with Crippen LogP contribution in [0.3, 0.4) is 0 Å².